The third-order valence-corrected chi connectivity index (χ3v) is 4.93. The number of nitrogens with zero attached hydrogens (tertiary/aromatic N) is 1. The van der Waals surface area contributed by atoms with Crippen LogP contribution in [0.5, 0.6) is 0 Å². The first-order chi connectivity index (χ1) is 10.2. The summed E-state index contributed by atoms with van der Waals surface area (Å²) in [6.45, 7) is 4.29. The van der Waals surface area contributed by atoms with Gasteiger partial charge in [0.2, 0.25) is 5.91 Å². The minimum Gasteiger partial charge on any atom is -0.322 e. The second-order valence-electron chi connectivity index (χ2n) is 5.72. The highest BCUT2D eigenvalue weighted by atomic mass is 32.2. The summed E-state index contributed by atoms with van der Waals surface area (Å²) in [5.74, 6) is 1.27. The average Bonchev–Trinajstić information content (AvgIpc) is 2.82. The number of carbonyl (C=O) groups excluding carboxylic acids is 1. The zero-order valence-electron chi connectivity index (χ0n) is 13.2. The Kier molecular flexibility index (Phi) is 6.12. The molecule has 1 saturated heterocycles. The van der Waals surface area contributed by atoms with Crippen LogP contribution in [0.1, 0.15) is 32.3 Å². The van der Waals surface area contributed by atoms with Gasteiger partial charge in [0, 0.05) is 11.8 Å². The highest BCUT2D eigenvalue weighted by molar-refractivity contribution is 7.98. The van der Waals surface area contributed by atoms with Crippen LogP contribution in [0.15, 0.2) is 30.3 Å². The molecule has 1 fully saturated rings. The quantitative estimate of drug-likeness (QED) is 0.840. The molecular weight excluding hydrogens is 280 g/mol. The van der Waals surface area contributed by atoms with Crippen LogP contribution in [0.2, 0.25) is 0 Å². The molecule has 1 aromatic rings. The SMILES string of the molecule is CCC1NC(CCc2ccccc2)C(=O)N1C(C)CSC. The van der Waals surface area contributed by atoms with E-state index in [1.54, 1.807) is 11.8 Å². The van der Waals surface area contributed by atoms with Crippen molar-refractivity contribution < 1.29 is 4.79 Å². The van der Waals surface area contributed by atoms with E-state index in [4.69, 9.17) is 0 Å². The lowest BCUT2D eigenvalue weighted by molar-refractivity contribution is -0.131. The highest BCUT2D eigenvalue weighted by Crippen LogP contribution is 2.21. The van der Waals surface area contributed by atoms with Crippen molar-refractivity contribution in [2.75, 3.05) is 12.0 Å². The summed E-state index contributed by atoms with van der Waals surface area (Å²) in [4.78, 5) is 14.7. The van der Waals surface area contributed by atoms with Gasteiger partial charge in [-0.2, -0.15) is 11.8 Å². The van der Waals surface area contributed by atoms with E-state index in [9.17, 15) is 4.79 Å². The summed E-state index contributed by atoms with van der Waals surface area (Å²) in [7, 11) is 0. The molecule has 1 amide bonds. The Morgan fingerprint density at radius 1 is 1.33 bits per heavy atom. The van der Waals surface area contributed by atoms with E-state index in [1.165, 1.54) is 5.56 Å². The number of nitrogens with one attached hydrogen (secondary N) is 1. The lowest BCUT2D eigenvalue weighted by Gasteiger charge is -2.29. The number of hydrogen-bond acceptors (Lipinski definition) is 3. The summed E-state index contributed by atoms with van der Waals surface area (Å²) in [6.07, 6.45) is 5.08. The summed E-state index contributed by atoms with van der Waals surface area (Å²) >= 11 is 1.80. The molecule has 0 radical (unpaired) electrons. The highest BCUT2D eigenvalue weighted by Gasteiger charge is 2.39. The van der Waals surface area contributed by atoms with Crippen molar-refractivity contribution >= 4 is 17.7 Å². The molecule has 21 heavy (non-hydrogen) atoms. The Labute approximate surface area is 132 Å². The smallest absolute Gasteiger partial charge is 0.241 e. The molecule has 4 heteroatoms. The summed E-state index contributed by atoms with van der Waals surface area (Å²) in [6, 6.07) is 10.7. The van der Waals surface area contributed by atoms with Gasteiger partial charge in [-0.05, 0) is 38.0 Å². The van der Waals surface area contributed by atoms with Gasteiger partial charge in [-0.15, -0.1) is 0 Å². The lowest BCUT2D eigenvalue weighted by atomic mass is 10.1. The van der Waals surface area contributed by atoms with Gasteiger partial charge in [0.15, 0.2) is 0 Å². The first-order valence-electron chi connectivity index (χ1n) is 7.78. The second kappa shape index (κ2) is 7.85. The molecule has 0 aromatic heterocycles. The van der Waals surface area contributed by atoms with Crippen molar-refractivity contribution in [1.29, 1.82) is 0 Å². The van der Waals surface area contributed by atoms with E-state index in [0.717, 1.165) is 25.0 Å². The number of thioether (sulfide) groups is 1. The van der Waals surface area contributed by atoms with Crippen molar-refractivity contribution in [2.45, 2.75) is 51.4 Å². The van der Waals surface area contributed by atoms with Crippen LogP contribution in [0.4, 0.5) is 0 Å². The van der Waals surface area contributed by atoms with Crippen molar-refractivity contribution in [3.05, 3.63) is 35.9 Å². The first-order valence-corrected chi connectivity index (χ1v) is 9.17. The fourth-order valence-corrected chi connectivity index (χ4v) is 3.68. The number of hydrogen-bond donors (Lipinski definition) is 1. The third kappa shape index (κ3) is 4.01. The molecule has 3 unspecified atom stereocenters. The molecule has 0 bridgehead atoms. The van der Waals surface area contributed by atoms with Crippen LogP contribution in [0, 0.1) is 0 Å². The molecule has 2 rings (SSSR count). The first kappa shape index (κ1) is 16.4. The van der Waals surface area contributed by atoms with Crippen LogP contribution in [-0.2, 0) is 11.2 Å². The monoisotopic (exact) mass is 306 g/mol. The van der Waals surface area contributed by atoms with E-state index < -0.39 is 0 Å². The number of rotatable bonds is 7. The minimum absolute atomic E-state index is 0.0283. The fourth-order valence-electron chi connectivity index (χ4n) is 3.04. The average molecular weight is 306 g/mol. The summed E-state index contributed by atoms with van der Waals surface area (Å²) in [5.41, 5.74) is 1.30. The third-order valence-electron chi connectivity index (χ3n) is 4.12. The number of carbonyl (C=O) groups is 1. The Balaban J connectivity index is 1.97. The van der Waals surface area contributed by atoms with Crippen LogP contribution in [-0.4, -0.2) is 41.1 Å². The van der Waals surface area contributed by atoms with Gasteiger partial charge in [0.1, 0.15) is 0 Å². The molecule has 1 aliphatic rings. The maximum Gasteiger partial charge on any atom is 0.241 e. The van der Waals surface area contributed by atoms with Crippen LogP contribution in [0.3, 0.4) is 0 Å². The summed E-state index contributed by atoms with van der Waals surface area (Å²) in [5, 5.41) is 3.52. The topological polar surface area (TPSA) is 32.3 Å². The van der Waals surface area contributed by atoms with Gasteiger partial charge >= 0.3 is 0 Å². The van der Waals surface area contributed by atoms with Crippen molar-refractivity contribution in [3.63, 3.8) is 0 Å². The van der Waals surface area contributed by atoms with E-state index in [1.807, 2.05) is 6.07 Å². The molecule has 0 saturated carbocycles. The molecule has 1 N–H and O–H groups in total. The molecular formula is C17H26N2OS. The van der Waals surface area contributed by atoms with E-state index in [2.05, 4.69) is 54.6 Å². The van der Waals surface area contributed by atoms with Crippen molar-refractivity contribution in [3.8, 4) is 0 Å². The van der Waals surface area contributed by atoms with Crippen molar-refractivity contribution in [1.82, 2.24) is 10.2 Å². The van der Waals surface area contributed by atoms with Crippen LogP contribution < -0.4 is 5.32 Å². The molecule has 1 aliphatic heterocycles. The van der Waals surface area contributed by atoms with Crippen molar-refractivity contribution in [2.24, 2.45) is 0 Å². The zero-order chi connectivity index (χ0) is 15.2. The fraction of sp³-hybridized carbons (Fsp3) is 0.588. The molecule has 0 spiro atoms. The summed E-state index contributed by atoms with van der Waals surface area (Å²) < 4.78 is 0. The maximum absolute atomic E-state index is 12.7. The minimum atomic E-state index is -0.0283. The predicted molar refractivity (Wildman–Crippen MR) is 90.5 cm³/mol. The number of benzene rings is 1. The van der Waals surface area contributed by atoms with E-state index in [-0.39, 0.29) is 18.1 Å². The van der Waals surface area contributed by atoms with Gasteiger partial charge in [-0.25, -0.2) is 0 Å². The second-order valence-corrected chi connectivity index (χ2v) is 6.63. The van der Waals surface area contributed by atoms with Gasteiger partial charge in [-0.3, -0.25) is 10.1 Å². The van der Waals surface area contributed by atoms with Crippen LogP contribution in [0.25, 0.3) is 0 Å². The van der Waals surface area contributed by atoms with Gasteiger partial charge in [0.25, 0.3) is 0 Å². The Morgan fingerprint density at radius 3 is 2.67 bits per heavy atom. The van der Waals surface area contributed by atoms with E-state index >= 15 is 0 Å². The lowest BCUT2D eigenvalue weighted by Crippen LogP contribution is -2.44. The molecule has 3 atom stereocenters. The Bertz CT molecular complexity index is 451. The van der Waals surface area contributed by atoms with Gasteiger partial charge in [0.05, 0.1) is 12.2 Å². The van der Waals surface area contributed by atoms with Gasteiger partial charge < -0.3 is 4.90 Å². The van der Waals surface area contributed by atoms with Gasteiger partial charge in [-0.1, -0.05) is 37.3 Å². The standard InChI is InChI=1S/C17H26N2OS/c1-4-16-18-15(11-10-14-8-6-5-7-9-14)17(20)19(16)13(2)12-21-3/h5-9,13,15-16,18H,4,10-12H2,1-3H3. The Morgan fingerprint density at radius 2 is 2.05 bits per heavy atom. The molecule has 3 nitrogen and oxygen atoms in total. The largest absolute Gasteiger partial charge is 0.322 e. The number of aryl methyl sites for hydroxylation is 1. The molecule has 0 aliphatic carbocycles. The predicted octanol–water partition coefficient (Wildman–Crippen LogP) is 2.91. The zero-order valence-corrected chi connectivity index (χ0v) is 14.0. The Hall–Kier alpha value is -1.00. The maximum atomic E-state index is 12.7. The normalized spacial score (nSPS) is 23.6. The number of amides is 1. The van der Waals surface area contributed by atoms with E-state index in [0.29, 0.717) is 6.04 Å². The van der Waals surface area contributed by atoms with Crippen LogP contribution >= 0.6 is 11.8 Å². The molecule has 116 valence electrons. The molecule has 1 heterocycles. The molecule has 1 aromatic carbocycles.